The Hall–Kier alpha value is -3.60. The fourth-order valence-corrected chi connectivity index (χ4v) is 9.67. The van der Waals surface area contributed by atoms with Crippen LogP contribution in [0.4, 0.5) is 4.79 Å². The van der Waals surface area contributed by atoms with Crippen molar-refractivity contribution >= 4 is 39.7 Å². The summed E-state index contributed by atoms with van der Waals surface area (Å²) in [7, 11) is 6.31. The molecule has 0 radical (unpaired) electrons. The minimum atomic E-state index is -2.21. The molecule has 16 heteroatoms. The van der Waals surface area contributed by atoms with Gasteiger partial charge in [-0.3, -0.25) is 28.3 Å². The van der Waals surface area contributed by atoms with Crippen LogP contribution in [-0.4, -0.2) is 158 Å². The highest BCUT2D eigenvalue weighted by atomic mass is 32.2. The Kier molecular flexibility index (Phi) is 22.5. The minimum Gasteiger partial charge on any atom is -0.439 e. The molecule has 62 heavy (non-hydrogen) atoms. The maximum Gasteiger partial charge on any atom is 0.407 e. The largest absolute Gasteiger partial charge is 0.439 e. The summed E-state index contributed by atoms with van der Waals surface area (Å²) in [6.45, 7) is 16.2. The van der Waals surface area contributed by atoms with E-state index >= 15 is 0 Å². The van der Waals surface area contributed by atoms with Gasteiger partial charge in [0.1, 0.15) is 12.1 Å². The van der Waals surface area contributed by atoms with E-state index in [1.807, 2.05) is 90.9 Å². The maximum atomic E-state index is 14.4. The van der Waals surface area contributed by atoms with Crippen molar-refractivity contribution in [1.29, 1.82) is 0 Å². The predicted molar refractivity (Wildman–Crippen MR) is 247 cm³/mol. The number of carbonyl (C=O) groups is 5. The van der Waals surface area contributed by atoms with Crippen LogP contribution in [0.3, 0.4) is 0 Å². The lowest BCUT2D eigenvalue weighted by molar-refractivity contribution is -0.148. The van der Waals surface area contributed by atoms with Gasteiger partial charge in [-0.25, -0.2) is 4.79 Å². The van der Waals surface area contributed by atoms with Crippen LogP contribution < -0.4 is 16.0 Å². The van der Waals surface area contributed by atoms with Gasteiger partial charge in [0.15, 0.2) is 0 Å². The maximum absolute atomic E-state index is 14.4. The summed E-state index contributed by atoms with van der Waals surface area (Å²) in [6.07, 6.45) is 3.29. The summed E-state index contributed by atoms with van der Waals surface area (Å²) >= 11 is 0. The molecule has 1 aliphatic rings. The molecular weight excluding hydrogens is 813 g/mol. The van der Waals surface area contributed by atoms with Gasteiger partial charge >= 0.3 is 6.09 Å². The van der Waals surface area contributed by atoms with Gasteiger partial charge < -0.3 is 40.0 Å². The Morgan fingerprint density at radius 1 is 0.887 bits per heavy atom. The number of hydrogen-bond acceptors (Lipinski definition) is 10. The second kappa shape index (κ2) is 25.6. The molecule has 0 bridgehead atoms. The molecule has 0 aromatic heterocycles. The summed E-state index contributed by atoms with van der Waals surface area (Å²) in [5.41, 5.74) is 0.704. The van der Waals surface area contributed by atoms with E-state index in [9.17, 15) is 28.2 Å². The van der Waals surface area contributed by atoms with Gasteiger partial charge in [-0.05, 0) is 76.1 Å². The third-order valence-electron chi connectivity index (χ3n) is 12.3. The van der Waals surface area contributed by atoms with E-state index in [0.717, 1.165) is 12.8 Å². The molecule has 1 saturated heterocycles. The molecule has 1 aromatic rings. The first-order valence-corrected chi connectivity index (χ1v) is 25.2. The first-order chi connectivity index (χ1) is 29.0. The van der Waals surface area contributed by atoms with Gasteiger partial charge in [0, 0.05) is 40.1 Å². The SMILES string of the molecule is CC[C@H](C)[C@@H]([C@@H](CC(=O)N1CCC[C@H]1[C@@H](OC)[C@@H](C)C(=O)N[C@H](C)[C@@H](OC(=O)NCCC[SH](C)(C)=O)c1ccccc1)OC)N(C)C(=O)[C@@H](NC(=O)[C@H](C(C)C)N(C)C)C(C)C. The fraction of sp³-hybridized carbons (Fsp3) is 0.761. The fourth-order valence-electron chi connectivity index (χ4n) is 8.75. The van der Waals surface area contributed by atoms with Crippen LogP contribution in [0, 0.1) is 23.7 Å². The smallest absolute Gasteiger partial charge is 0.407 e. The normalized spacial score (nSPS) is 19.1. The van der Waals surface area contributed by atoms with E-state index < -0.39 is 70.5 Å². The van der Waals surface area contributed by atoms with Crippen molar-refractivity contribution in [2.75, 3.05) is 66.7 Å². The molecule has 3 N–H and O–H groups in total. The van der Waals surface area contributed by atoms with Crippen LogP contribution in [0.1, 0.15) is 99.2 Å². The lowest BCUT2D eigenvalue weighted by Gasteiger charge is -2.41. The van der Waals surface area contributed by atoms with Crippen molar-refractivity contribution in [2.24, 2.45) is 23.7 Å². The molecule has 1 aromatic carbocycles. The number of nitrogens with zero attached hydrogens (tertiary/aromatic N) is 3. The number of benzene rings is 1. The number of ether oxygens (including phenoxy) is 3. The summed E-state index contributed by atoms with van der Waals surface area (Å²) in [5.74, 6) is -1.34. The van der Waals surface area contributed by atoms with Crippen molar-refractivity contribution in [3.8, 4) is 0 Å². The lowest BCUT2D eigenvalue weighted by Crippen LogP contribution is -2.59. The lowest BCUT2D eigenvalue weighted by atomic mass is 9.89. The molecule has 1 heterocycles. The van der Waals surface area contributed by atoms with Gasteiger partial charge in [0.05, 0.1) is 48.7 Å². The third-order valence-corrected chi connectivity index (χ3v) is 13.7. The van der Waals surface area contributed by atoms with Crippen LogP contribution in [0.2, 0.25) is 0 Å². The molecule has 356 valence electrons. The molecule has 0 aliphatic carbocycles. The number of carbonyl (C=O) groups excluding carboxylic acids is 5. The van der Waals surface area contributed by atoms with Crippen molar-refractivity contribution in [3.63, 3.8) is 0 Å². The van der Waals surface area contributed by atoms with Crippen LogP contribution in [0.25, 0.3) is 0 Å². The van der Waals surface area contributed by atoms with Gasteiger partial charge in [-0.1, -0.05) is 85.2 Å². The molecule has 1 fully saturated rings. The number of thiol groups is 1. The van der Waals surface area contributed by atoms with E-state index in [0.29, 0.717) is 37.2 Å². The molecule has 10 atom stereocenters. The van der Waals surface area contributed by atoms with E-state index in [-0.39, 0.29) is 47.8 Å². The van der Waals surface area contributed by atoms with Gasteiger partial charge in [0.25, 0.3) is 0 Å². The zero-order valence-corrected chi connectivity index (χ0v) is 41.3. The quantitative estimate of drug-likeness (QED) is 0.0820. The second-order valence-corrected chi connectivity index (χ2v) is 22.2. The van der Waals surface area contributed by atoms with E-state index in [4.69, 9.17) is 14.2 Å². The first kappa shape index (κ1) is 54.5. The number of rotatable bonds is 25. The van der Waals surface area contributed by atoms with Crippen LogP contribution >= 0.6 is 0 Å². The van der Waals surface area contributed by atoms with Gasteiger partial charge in [-0.15, -0.1) is 9.93 Å². The molecule has 2 rings (SSSR count). The molecule has 0 spiro atoms. The molecule has 5 amide bonds. The summed E-state index contributed by atoms with van der Waals surface area (Å²) in [4.78, 5) is 74.4. The number of alkyl carbamates (subject to hydrolysis) is 1. The average Bonchev–Trinajstić information content (AvgIpc) is 3.69. The Morgan fingerprint density at radius 3 is 2.03 bits per heavy atom. The van der Waals surface area contributed by atoms with Gasteiger partial charge in [0.2, 0.25) is 23.6 Å². The number of nitrogens with one attached hydrogen (secondary N) is 3. The Bertz CT molecular complexity index is 1620. The van der Waals surface area contributed by atoms with Crippen LogP contribution in [0.5, 0.6) is 0 Å². The summed E-state index contributed by atoms with van der Waals surface area (Å²) < 4.78 is 30.0. The highest BCUT2D eigenvalue weighted by Gasteiger charge is 2.43. The van der Waals surface area contributed by atoms with Crippen molar-refractivity contribution in [3.05, 3.63) is 35.9 Å². The zero-order valence-electron chi connectivity index (χ0n) is 40.4. The minimum absolute atomic E-state index is 0.00319. The monoisotopic (exact) mass is 895 g/mol. The number of methoxy groups -OCH3 is 2. The standard InChI is InChI=1S/C46H82N6O9S/c1-16-31(6)40(51(11)45(56)38(29(2)3)49-44(55)39(30(4)5)50(9)10)36(59-12)28-37(53)52-26-20-24-35(52)41(60-13)32(7)43(54)48-33(8)42(34-22-18-17-19-23-34)61-46(57)47-25-21-27-62(14,15)58/h17-19,22-23,29-33,35-36,38-42,62H,16,20-21,24-28H2,1-15H3,(H,47,57)(H,48,54)(H,49,55)/t31-,32+,33+,35-,36+,38-,39-,40-,41-,42+/m0/s1. The van der Waals surface area contributed by atoms with E-state index in [1.165, 1.54) is 0 Å². The average molecular weight is 895 g/mol. The van der Waals surface area contributed by atoms with E-state index in [2.05, 4.69) is 16.0 Å². The molecule has 1 aliphatic heterocycles. The summed E-state index contributed by atoms with van der Waals surface area (Å²) in [6, 6.07) is 6.48. The van der Waals surface area contributed by atoms with Gasteiger partial charge in [-0.2, -0.15) is 0 Å². The Labute approximate surface area is 373 Å². The highest BCUT2D eigenvalue weighted by molar-refractivity contribution is 8.01. The first-order valence-electron chi connectivity index (χ1n) is 22.4. The third kappa shape index (κ3) is 15.9. The topological polar surface area (TPSA) is 176 Å². The zero-order chi connectivity index (χ0) is 47.1. The summed E-state index contributed by atoms with van der Waals surface area (Å²) in [5, 5.41) is 8.83. The van der Waals surface area contributed by atoms with Crippen molar-refractivity contribution < 1.29 is 42.4 Å². The number of hydrogen-bond donors (Lipinski definition) is 4. The van der Waals surface area contributed by atoms with Crippen LogP contribution in [0.15, 0.2) is 30.3 Å². The Morgan fingerprint density at radius 2 is 1.52 bits per heavy atom. The molecular formula is C46H82N6O9S. The van der Waals surface area contributed by atoms with Crippen molar-refractivity contribution in [1.82, 2.24) is 30.7 Å². The predicted octanol–water partition coefficient (Wildman–Crippen LogP) is 4.27. The van der Waals surface area contributed by atoms with Crippen molar-refractivity contribution in [2.45, 2.75) is 136 Å². The van der Waals surface area contributed by atoms with Crippen LogP contribution in [-0.2, 0) is 43.3 Å². The number of amides is 5. The number of likely N-dealkylation sites (N-methyl/N-ethyl adjacent to an activating group) is 2. The second-order valence-electron chi connectivity index (χ2n) is 18.6. The molecule has 15 nitrogen and oxygen atoms in total. The van der Waals surface area contributed by atoms with E-state index in [1.54, 1.807) is 57.4 Å². The number of likely N-dealkylation sites (tertiary alicyclic amines) is 1. The Balaban J connectivity index is 2.26. The highest BCUT2D eigenvalue weighted by Crippen LogP contribution is 2.30. The molecule has 0 unspecified atom stereocenters. The molecule has 0 saturated carbocycles.